The highest BCUT2D eigenvalue weighted by Crippen LogP contribution is 2.56. The topological polar surface area (TPSA) is 89.9 Å². The van der Waals surface area contributed by atoms with Crippen molar-refractivity contribution in [2.45, 2.75) is 29.6 Å². The van der Waals surface area contributed by atoms with Crippen LogP contribution in [0.15, 0.2) is 17.0 Å². The van der Waals surface area contributed by atoms with Gasteiger partial charge in [0, 0.05) is 17.2 Å². The third-order valence-corrected chi connectivity index (χ3v) is 4.92. The average Bonchev–Trinajstić information content (AvgIpc) is 3.15. The maximum Gasteiger partial charge on any atom is 0.304 e. The maximum absolute atomic E-state index is 11.8. The Hall–Kier alpha value is -1.76. The second-order valence-electron chi connectivity index (χ2n) is 5.30. The molecule has 0 aliphatic heterocycles. The van der Waals surface area contributed by atoms with Crippen molar-refractivity contribution in [1.29, 1.82) is 0 Å². The summed E-state index contributed by atoms with van der Waals surface area (Å²) in [5.41, 5.74) is 0.206. The molecular weight excluding hydrogens is 296 g/mol. The van der Waals surface area contributed by atoms with E-state index in [-0.39, 0.29) is 17.1 Å². The minimum atomic E-state index is -3.46. The van der Waals surface area contributed by atoms with Gasteiger partial charge in [-0.25, -0.2) is 8.42 Å². The molecule has 1 aliphatic carbocycles. The number of rotatable bonds is 6. The molecule has 0 radical (unpaired) electrons. The highest BCUT2D eigenvalue weighted by molar-refractivity contribution is 7.90. The predicted molar refractivity (Wildman–Crippen MR) is 75.8 cm³/mol. The van der Waals surface area contributed by atoms with Crippen LogP contribution >= 0.6 is 0 Å². The van der Waals surface area contributed by atoms with Gasteiger partial charge in [0.1, 0.15) is 4.90 Å². The van der Waals surface area contributed by atoms with Crippen LogP contribution in [0.25, 0.3) is 0 Å². The molecule has 1 N–H and O–H groups in total. The zero-order valence-corrected chi connectivity index (χ0v) is 13.0. The third-order valence-electron chi connectivity index (χ3n) is 3.80. The summed E-state index contributed by atoms with van der Waals surface area (Å²) in [6.45, 7) is 0. The van der Waals surface area contributed by atoms with E-state index in [1.54, 1.807) is 6.07 Å². The lowest BCUT2D eigenvalue weighted by Crippen LogP contribution is -2.15. The van der Waals surface area contributed by atoms with E-state index in [9.17, 15) is 13.2 Å². The molecule has 0 spiro atoms. The Morgan fingerprint density at radius 2 is 1.81 bits per heavy atom. The van der Waals surface area contributed by atoms with E-state index >= 15 is 0 Å². The molecule has 2 rings (SSSR count). The SMILES string of the molecule is COc1c(C2(CC(=O)O)CC2)ccc(S(C)(=O)=O)c1OC. The summed E-state index contributed by atoms with van der Waals surface area (Å²) < 4.78 is 34.2. The van der Waals surface area contributed by atoms with Gasteiger partial charge < -0.3 is 14.6 Å². The number of carbonyl (C=O) groups is 1. The van der Waals surface area contributed by atoms with Crippen LogP contribution < -0.4 is 9.47 Å². The predicted octanol–water partition coefficient (Wildman–Crippen LogP) is 1.61. The van der Waals surface area contributed by atoms with E-state index in [0.717, 1.165) is 19.1 Å². The first kappa shape index (κ1) is 15.6. The Morgan fingerprint density at radius 3 is 2.19 bits per heavy atom. The van der Waals surface area contributed by atoms with Gasteiger partial charge in [-0.2, -0.15) is 0 Å². The zero-order chi connectivity index (χ0) is 15.8. The first-order valence-electron chi connectivity index (χ1n) is 6.42. The molecule has 1 aromatic rings. The van der Waals surface area contributed by atoms with Gasteiger partial charge in [0.25, 0.3) is 0 Å². The summed E-state index contributed by atoms with van der Waals surface area (Å²) in [4.78, 5) is 11.1. The number of carboxylic acids is 1. The van der Waals surface area contributed by atoms with Crippen LogP contribution in [0.3, 0.4) is 0 Å². The van der Waals surface area contributed by atoms with Crippen LogP contribution in [-0.4, -0.2) is 40.0 Å². The number of methoxy groups -OCH3 is 2. The van der Waals surface area contributed by atoms with Crippen molar-refractivity contribution in [3.8, 4) is 11.5 Å². The fraction of sp³-hybridized carbons (Fsp3) is 0.500. The van der Waals surface area contributed by atoms with Crippen LogP contribution in [0.4, 0.5) is 0 Å². The number of carboxylic acid groups (broad SMARTS) is 1. The molecule has 0 aromatic heterocycles. The van der Waals surface area contributed by atoms with E-state index < -0.39 is 21.2 Å². The standard InChI is InChI=1S/C14H18O6S/c1-19-12-9(14(6-7-14)8-11(15)16)4-5-10(13(12)20-2)21(3,17)18/h4-5H,6-8H2,1-3H3,(H,15,16). The van der Waals surface area contributed by atoms with Gasteiger partial charge in [-0.3, -0.25) is 4.79 Å². The lowest BCUT2D eigenvalue weighted by molar-refractivity contribution is -0.137. The lowest BCUT2D eigenvalue weighted by Gasteiger charge is -2.20. The van der Waals surface area contributed by atoms with Crippen molar-refractivity contribution in [1.82, 2.24) is 0 Å². The number of hydrogen-bond acceptors (Lipinski definition) is 5. The van der Waals surface area contributed by atoms with Gasteiger partial charge in [0.15, 0.2) is 21.3 Å². The quantitative estimate of drug-likeness (QED) is 0.858. The number of ether oxygens (including phenoxy) is 2. The van der Waals surface area contributed by atoms with Crippen molar-refractivity contribution >= 4 is 15.8 Å². The molecule has 0 bridgehead atoms. The van der Waals surface area contributed by atoms with Crippen LogP contribution in [0.2, 0.25) is 0 Å². The molecule has 0 amide bonds. The lowest BCUT2D eigenvalue weighted by atomic mass is 9.91. The first-order valence-corrected chi connectivity index (χ1v) is 8.31. The summed E-state index contributed by atoms with van der Waals surface area (Å²) in [7, 11) is -0.675. The van der Waals surface area contributed by atoms with Crippen molar-refractivity contribution in [3.05, 3.63) is 17.7 Å². The summed E-state index contributed by atoms with van der Waals surface area (Å²) in [6, 6.07) is 3.08. The smallest absolute Gasteiger partial charge is 0.304 e. The second-order valence-corrected chi connectivity index (χ2v) is 7.28. The van der Waals surface area contributed by atoms with Gasteiger partial charge in [0.2, 0.25) is 0 Å². The second kappa shape index (κ2) is 5.22. The minimum Gasteiger partial charge on any atom is -0.493 e. The highest BCUT2D eigenvalue weighted by Gasteiger charge is 2.48. The van der Waals surface area contributed by atoms with Gasteiger partial charge >= 0.3 is 5.97 Å². The molecular formula is C14H18O6S. The number of sulfone groups is 1. The zero-order valence-electron chi connectivity index (χ0n) is 12.2. The Bertz CT molecular complexity index is 673. The van der Waals surface area contributed by atoms with Crippen molar-refractivity contribution < 1.29 is 27.8 Å². The minimum absolute atomic E-state index is 0.00919. The fourth-order valence-electron chi connectivity index (χ4n) is 2.63. The highest BCUT2D eigenvalue weighted by atomic mass is 32.2. The summed E-state index contributed by atoms with van der Waals surface area (Å²) in [5.74, 6) is -0.450. The Balaban J connectivity index is 2.62. The Labute approximate surface area is 123 Å². The van der Waals surface area contributed by atoms with Gasteiger partial charge in [-0.1, -0.05) is 6.07 Å². The maximum atomic E-state index is 11.8. The molecule has 6 nitrogen and oxygen atoms in total. The fourth-order valence-corrected chi connectivity index (χ4v) is 3.46. The normalized spacial score (nSPS) is 16.3. The van der Waals surface area contributed by atoms with E-state index in [4.69, 9.17) is 14.6 Å². The molecule has 7 heteroatoms. The van der Waals surface area contributed by atoms with E-state index in [1.807, 2.05) is 0 Å². The van der Waals surface area contributed by atoms with Gasteiger partial charge in [-0.15, -0.1) is 0 Å². The molecule has 1 fully saturated rings. The number of benzene rings is 1. The molecule has 116 valence electrons. The van der Waals surface area contributed by atoms with Gasteiger partial charge in [-0.05, 0) is 18.9 Å². The molecule has 0 heterocycles. The van der Waals surface area contributed by atoms with Crippen LogP contribution in [0.1, 0.15) is 24.8 Å². The first-order chi connectivity index (χ1) is 9.75. The average molecular weight is 314 g/mol. The molecule has 1 aromatic carbocycles. The molecule has 1 aliphatic rings. The van der Waals surface area contributed by atoms with Crippen molar-refractivity contribution in [2.24, 2.45) is 0 Å². The van der Waals surface area contributed by atoms with Crippen molar-refractivity contribution in [3.63, 3.8) is 0 Å². The van der Waals surface area contributed by atoms with Crippen molar-refractivity contribution in [2.75, 3.05) is 20.5 Å². The molecule has 0 unspecified atom stereocenters. The van der Waals surface area contributed by atoms with Crippen LogP contribution in [0, 0.1) is 0 Å². The molecule has 0 atom stereocenters. The molecule has 1 saturated carbocycles. The van der Waals surface area contributed by atoms with Crippen LogP contribution in [-0.2, 0) is 20.0 Å². The number of hydrogen-bond donors (Lipinski definition) is 1. The third kappa shape index (κ3) is 2.83. The van der Waals surface area contributed by atoms with E-state index in [1.165, 1.54) is 20.3 Å². The summed E-state index contributed by atoms with van der Waals surface area (Å²) >= 11 is 0. The molecule has 21 heavy (non-hydrogen) atoms. The van der Waals surface area contributed by atoms with E-state index in [2.05, 4.69) is 0 Å². The van der Waals surface area contributed by atoms with Gasteiger partial charge in [0.05, 0.1) is 20.6 Å². The number of aliphatic carboxylic acids is 1. The Kier molecular flexibility index (Phi) is 3.88. The molecule has 0 saturated heterocycles. The monoisotopic (exact) mass is 314 g/mol. The van der Waals surface area contributed by atoms with Crippen LogP contribution in [0.5, 0.6) is 11.5 Å². The summed E-state index contributed by atoms with van der Waals surface area (Å²) in [5, 5.41) is 9.06. The largest absolute Gasteiger partial charge is 0.493 e. The summed E-state index contributed by atoms with van der Waals surface area (Å²) in [6.07, 6.45) is 2.55. The Morgan fingerprint density at radius 1 is 1.24 bits per heavy atom. The van der Waals surface area contributed by atoms with E-state index in [0.29, 0.717) is 11.3 Å².